The SMILES string of the molecule is C=CCN(CC=C)C(=O)C1C2c3ccccc3C(c3ccccc32)C1C(=O)N(CC=C)CC=C. The van der Waals surface area contributed by atoms with Gasteiger partial charge in [-0.3, -0.25) is 9.59 Å². The Morgan fingerprint density at radius 3 is 1.09 bits per heavy atom. The summed E-state index contributed by atoms with van der Waals surface area (Å²) in [6.45, 7) is 17.0. The number of hydrogen-bond donors (Lipinski definition) is 0. The van der Waals surface area contributed by atoms with Crippen LogP contribution in [0, 0.1) is 11.8 Å². The summed E-state index contributed by atoms with van der Waals surface area (Å²) in [5, 5.41) is 0. The lowest BCUT2D eigenvalue weighted by Gasteiger charge is -2.51. The molecule has 34 heavy (non-hydrogen) atoms. The van der Waals surface area contributed by atoms with Gasteiger partial charge in [-0.2, -0.15) is 0 Å². The van der Waals surface area contributed by atoms with E-state index in [-0.39, 0.29) is 23.7 Å². The molecule has 0 heterocycles. The zero-order chi connectivity index (χ0) is 24.2. The van der Waals surface area contributed by atoms with Crippen molar-refractivity contribution in [2.45, 2.75) is 11.8 Å². The van der Waals surface area contributed by atoms with Gasteiger partial charge in [0.25, 0.3) is 0 Å². The maximum Gasteiger partial charge on any atom is 0.228 e. The van der Waals surface area contributed by atoms with Gasteiger partial charge in [-0.05, 0) is 22.3 Å². The minimum Gasteiger partial charge on any atom is -0.335 e. The largest absolute Gasteiger partial charge is 0.335 e. The smallest absolute Gasteiger partial charge is 0.228 e. The van der Waals surface area contributed by atoms with Crippen molar-refractivity contribution in [2.24, 2.45) is 11.8 Å². The molecule has 0 aromatic heterocycles. The highest BCUT2D eigenvalue weighted by molar-refractivity contribution is 5.92. The van der Waals surface area contributed by atoms with Gasteiger partial charge in [0, 0.05) is 38.0 Å². The van der Waals surface area contributed by atoms with Crippen LogP contribution in [0.1, 0.15) is 34.1 Å². The average Bonchev–Trinajstić information content (AvgIpc) is 2.87. The summed E-state index contributed by atoms with van der Waals surface area (Å²) in [5.41, 5.74) is 4.57. The summed E-state index contributed by atoms with van der Waals surface area (Å²) < 4.78 is 0. The van der Waals surface area contributed by atoms with Crippen molar-refractivity contribution in [3.63, 3.8) is 0 Å². The first-order valence-electron chi connectivity index (χ1n) is 11.8. The Bertz CT molecular complexity index is 979. The van der Waals surface area contributed by atoms with Crippen LogP contribution in [0.3, 0.4) is 0 Å². The molecule has 2 atom stereocenters. The molecule has 3 aliphatic rings. The van der Waals surface area contributed by atoms with Crippen LogP contribution < -0.4 is 0 Å². The van der Waals surface area contributed by atoms with Crippen LogP contribution in [0.4, 0.5) is 0 Å². The molecule has 0 saturated carbocycles. The van der Waals surface area contributed by atoms with Crippen molar-refractivity contribution in [1.29, 1.82) is 0 Å². The molecule has 2 aromatic rings. The third kappa shape index (κ3) is 3.83. The first-order chi connectivity index (χ1) is 16.6. The van der Waals surface area contributed by atoms with E-state index in [1.807, 2.05) is 24.3 Å². The van der Waals surface area contributed by atoms with E-state index < -0.39 is 11.8 Å². The highest BCUT2D eigenvalue weighted by atomic mass is 16.2. The number of fused-ring (bicyclic) bond motifs is 1. The van der Waals surface area contributed by atoms with Crippen molar-refractivity contribution in [2.75, 3.05) is 26.2 Å². The lowest BCUT2D eigenvalue weighted by atomic mass is 9.53. The molecular formula is C30H32N2O2. The van der Waals surface area contributed by atoms with E-state index in [9.17, 15) is 9.59 Å². The number of rotatable bonds is 10. The Hall–Kier alpha value is -3.66. The van der Waals surface area contributed by atoms with Crippen LogP contribution in [0.25, 0.3) is 0 Å². The minimum atomic E-state index is -0.515. The van der Waals surface area contributed by atoms with E-state index in [2.05, 4.69) is 50.6 Å². The molecular weight excluding hydrogens is 420 g/mol. The van der Waals surface area contributed by atoms with Crippen LogP contribution in [0.5, 0.6) is 0 Å². The summed E-state index contributed by atoms with van der Waals surface area (Å²) in [6.07, 6.45) is 6.90. The fourth-order valence-corrected chi connectivity index (χ4v) is 5.82. The average molecular weight is 453 g/mol. The van der Waals surface area contributed by atoms with Crippen LogP contribution in [-0.4, -0.2) is 47.8 Å². The molecule has 0 N–H and O–H groups in total. The zero-order valence-corrected chi connectivity index (χ0v) is 19.6. The Labute approximate surface area is 202 Å². The summed E-state index contributed by atoms with van der Waals surface area (Å²) in [7, 11) is 0. The third-order valence-electron chi connectivity index (χ3n) is 7.03. The van der Waals surface area contributed by atoms with E-state index in [4.69, 9.17) is 0 Å². The lowest BCUT2D eigenvalue weighted by molar-refractivity contribution is -0.147. The van der Waals surface area contributed by atoms with Crippen molar-refractivity contribution in [3.05, 3.63) is 121 Å². The van der Waals surface area contributed by atoms with Gasteiger partial charge in [-0.15, -0.1) is 26.3 Å². The molecule has 174 valence electrons. The summed E-state index contributed by atoms with van der Waals surface area (Å²) >= 11 is 0. The van der Waals surface area contributed by atoms with E-state index in [0.717, 1.165) is 22.3 Å². The number of benzene rings is 2. The number of nitrogens with zero attached hydrogens (tertiary/aromatic N) is 2. The number of carbonyl (C=O) groups excluding carboxylic acids is 2. The minimum absolute atomic E-state index is 0.0330. The zero-order valence-electron chi connectivity index (χ0n) is 19.6. The van der Waals surface area contributed by atoms with Crippen LogP contribution >= 0.6 is 0 Å². The quantitative estimate of drug-likeness (QED) is 0.481. The number of amides is 2. The summed E-state index contributed by atoms with van der Waals surface area (Å²) in [6, 6.07) is 16.5. The Kier molecular flexibility index (Phi) is 6.97. The molecule has 4 nitrogen and oxygen atoms in total. The maximum absolute atomic E-state index is 14.2. The van der Waals surface area contributed by atoms with Gasteiger partial charge in [0.15, 0.2) is 0 Å². The first kappa shape index (κ1) is 23.5. The fourth-order valence-electron chi connectivity index (χ4n) is 5.82. The molecule has 2 aromatic carbocycles. The second-order valence-electron chi connectivity index (χ2n) is 8.91. The Morgan fingerprint density at radius 2 is 0.853 bits per heavy atom. The number of carbonyl (C=O) groups is 2. The summed E-state index contributed by atoms with van der Waals surface area (Å²) in [5.74, 6) is -1.47. The predicted molar refractivity (Wildman–Crippen MR) is 137 cm³/mol. The second kappa shape index (κ2) is 10.1. The molecule has 0 fully saturated rings. The standard InChI is InChI=1S/C30H32N2O2/c1-5-17-31(18-6-2)29(33)27-25-21-13-9-11-15-23(21)26(24-16-12-10-14-22(24)25)28(27)30(34)32(19-7-3)20-8-4/h5-16,25-28H,1-4,17-20H2. The first-order valence-corrected chi connectivity index (χ1v) is 11.8. The van der Waals surface area contributed by atoms with Crippen LogP contribution in [0.15, 0.2) is 99.2 Å². The van der Waals surface area contributed by atoms with Gasteiger partial charge in [0.1, 0.15) is 0 Å². The molecule has 2 bridgehead atoms. The topological polar surface area (TPSA) is 40.6 Å². The van der Waals surface area contributed by atoms with Crippen molar-refractivity contribution in [3.8, 4) is 0 Å². The van der Waals surface area contributed by atoms with Gasteiger partial charge in [-0.25, -0.2) is 0 Å². The highest BCUT2D eigenvalue weighted by Crippen LogP contribution is 2.59. The monoisotopic (exact) mass is 452 g/mol. The predicted octanol–water partition coefficient (Wildman–Crippen LogP) is 4.91. The molecule has 0 aliphatic heterocycles. The van der Waals surface area contributed by atoms with E-state index in [0.29, 0.717) is 26.2 Å². The maximum atomic E-state index is 14.2. The van der Waals surface area contributed by atoms with Crippen LogP contribution in [0.2, 0.25) is 0 Å². The van der Waals surface area contributed by atoms with Gasteiger partial charge in [0.2, 0.25) is 11.8 Å². The van der Waals surface area contributed by atoms with Crippen molar-refractivity contribution < 1.29 is 9.59 Å². The second-order valence-corrected chi connectivity index (χ2v) is 8.91. The molecule has 0 spiro atoms. The molecule has 3 aliphatic carbocycles. The lowest BCUT2D eigenvalue weighted by Crippen LogP contribution is -2.54. The Balaban J connectivity index is 1.93. The normalized spacial score (nSPS) is 21.5. The fraction of sp³-hybridized carbons (Fsp3) is 0.267. The molecule has 2 unspecified atom stereocenters. The molecule has 5 rings (SSSR count). The van der Waals surface area contributed by atoms with Gasteiger partial charge in [-0.1, -0.05) is 72.8 Å². The van der Waals surface area contributed by atoms with E-state index in [1.165, 1.54) is 0 Å². The van der Waals surface area contributed by atoms with Crippen LogP contribution in [-0.2, 0) is 9.59 Å². The van der Waals surface area contributed by atoms with Gasteiger partial charge >= 0.3 is 0 Å². The van der Waals surface area contributed by atoms with Gasteiger partial charge in [0.05, 0.1) is 11.8 Å². The van der Waals surface area contributed by atoms with Crippen molar-refractivity contribution >= 4 is 11.8 Å². The summed E-state index contributed by atoms with van der Waals surface area (Å²) in [4.78, 5) is 31.8. The third-order valence-corrected chi connectivity index (χ3v) is 7.03. The van der Waals surface area contributed by atoms with E-state index in [1.54, 1.807) is 34.1 Å². The molecule has 0 radical (unpaired) electrons. The molecule has 4 heteroatoms. The molecule has 2 amide bonds. The highest BCUT2D eigenvalue weighted by Gasteiger charge is 2.56. The number of hydrogen-bond acceptors (Lipinski definition) is 2. The van der Waals surface area contributed by atoms with Crippen molar-refractivity contribution in [1.82, 2.24) is 9.80 Å². The molecule has 0 saturated heterocycles. The Morgan fingerprint density at radius 1 is 0.588 bits per heavy atom. The van der Waals surface area contributed by atoms with E-state index >= 15 is 0 Å². The van der Waals surface area contributed by atoms with Gasteiger partial charge < -0.3 is 9.80 Å².